The molecule has 0 aromatic heterocycles. The lowest BCUT2D eigenvalue weighted by Crippen LogP contribution is -2.27. The van der Waals surface area contributed by atoms with Crippen molar-refractivity contribution in [2.75, 3.05) is 18.0 Å². The van der Waals surface area contributed by atoms with Crippen LogP contribution in [0.3, 0.4) is 0 Å². The summed E-state index contributed by atoms with van der Waals surface area (Å²) in [6.07, 6.45) is 12.4. The molecule has 1 aliphatic carbocycles. The molecular weight excluding hydrogens is 450 g/mol. The molecule has 0 radical (unpaired) electrons. The first-order valence-electron chi connectivity index (χ1n) is 13.9. The highest BCUT2D eigenvalue weighted by Gasteiger charge is 2.43. The van der Waals surface area contributed by atoms with E-state index in [2.05, 4.69) is 124 Å². The standard InChI is InChI=1S/C34H41N3/c1-7-36-28-18-11-9-16-26(28)33(3,4)30(36)22-20-24-14-13-15-25(32(24)35)21-23-31-34(5,6)27-17-10-12-19-29(27)37(31)8-2/h9-12,16-23,35H,7-8,13-15H2,1-6H3/p+1. The van der Waals surface area contributed by atoms with Crippen LogP contribution in [0.15, 0.2) is 95.4 Å². The minimum absolute atomic E-state index is 0.0249. The number of nitrogens with zero attached hydrogens (tertiary/aromatic N) is 2. The quantitative estimate of drug-likeness (QED) is 0.435. The van der Waals surface area contributed by atoms with Gasteiger partial charge in [-0.25, -0.2) is 0 Å². The van der Waals surface area contributed by atoms with E-state index in [4.69, 9.17) is 5.73 Å². The topological polar surface area (TPSA) is 32.3 Å². The maximum atomic E-state index is 6.82. The summed E-state index contributed by atoms with van der Waals surface area (Å²) in [6.45, 7) is 15.7. The molecule has 2 heterocycles. The van der Waals surface area contributed by atoms with E-state index in [1.165, 1.54) is 45.1 Å². The van der Waals surface area contributed by atoms with Gasteiger partial charge in [0.15, 0.2) is 5.71 Å². The molecule has 0 saturated heterocycles. The van der Waals surface area contributed by atoms with Gasteiger partial charge in [-0.1, -0.05) is 62.4 Å². The lowest BCUT2D eigenvalue weighted by atomic mass is 9.81. The fraction of sp³-hybridized carbons (Fsp3) is 0.382. The molecule has 0 atom stereocenters. The van der Waals surface area contributed by atoms with Gasteiger partial charge in [0.05, 0.1) is 5.41 Å². The van der Waals surface area contributed by atoms with Crippen LogP contribution in [0.25, 0.3) is 0 Å². The summed E-state index contributed by atoms with van der Waals surface area (Å²) in [4.78, 5) is 2.45. The van der Waals surface area contributed by atoms with E-state index < -0.39 is 0 Å². The smallest absolute Gasteiger partial charge is 0.209 e. The van der Waals surface area contributed by atoms with E-state index in [0.717, 1.165) is 38.0 Å². The van der Waals surface area contributed by atoms with Gasteiger partial charge in [0.2, 0.25) is 5.69 Å². The Kier molecular flexibility index (Phi) is 6.52. The van der Waals surface area contributed by atoms with Crippen molar-refractivity contribution in [1.82, 2.24) is 0 Å². The second kappa shape index (κ2) is 9.52. The number of allylic oxidation sites excluding steroid dienone is 7. The van der Waals surface area contributed by atoms with Crippen molar-refractivity contribution in [2.45, 2.75) is 71.6 Å². The van der Waals surface area contributed by atoms with E-state index in [-0.39, 0.29) is 10.8 Å². The molecule has 0 spiro atoms. The fourth-order valence-corrected chi connectivity index (χ4v) is 6.61. The number of anilines is 1. The highest BCUT2D eigenvalue weighted by atomic mass is 15.2. The number of benzene rings is 2. The van der Waals surface area contributed by atoms with Crippen LogP contribution in [-0.4, -0.2) is 23.4 Å². The van der Waals surface area contributed by atoms with Crippen LogP contribution < -0.4 is 10.6 Å². The molecule has 37 heavy (non-hydrogen) atoms. The van der Waals surface area contributed by atoms with Gasteiger partial charge in [-0.3, -0.25) is 0 Å². The SMILES string of the molecule is CCN1C(=CC=C2CCCC(C=CC3=[N+](CC)c4ccccc4C3(C)C)=C2N)C(C)(C)c2ccccc21. The summed E-state index contributed by atoms with van der Waals surface area (Å²) in [5.74, 6) is 0. The van der Waals surface area contributed by atoms with Crippen LogP contribution in [-0.2, 0) is 10.8 Å². The summed E-state index contributed by atoms with van der Waals surface area (Å²) in [5, 5.41) is 0. The van der Waals surface area contributed by atoms with E-state index >= 15 is 0 Å². The molecule has 5 rings (SSSR count). The zero-order chi connectivity index (χ0) is 26.4. The highest BCUT2D eigenvalue weighted by molar-refractivity contribution is 6.03. The molecule has 2 aromatic carbocycles. The first kappa shape index (κ1) is 25.3. The molecular formula is C34H42N3+. The summed E-state index contributed by atoms with van der Waals surface area (Å²) in [6, 6.07) is 17.6. The Balaban J connectivity index is 1.48. The molecule has 0 amide bonds. The number of fused-ring (bicyclic) bond motifs is 2. The van der Waals surface area contributed by atoms with Crippen LogP contribution in [0.4, 0.5) is 11.4 Å². The average molecular weight is 493 g/mol. The summed E-state index contributed by atoms with van der Waals surface area (Å²) < 4.78 is 2.45. The van der Waals surface area contributed by atoms with Gasteiger partial charge in [-0.15, -0.1) is 0 Å². The van der Waals surface area contributed by atoms with Gasteiger partial charge in [0.25, 0.3) is 0 Å². The maximum absolute atomic E-state index is 6.82. The predicted octanol–water partition coefficient (Wildman–Crippen LogP) is 7.66. The largest absolute Gasteiger partial charge is 0.398 e. The van der Waals surface area contributed by atoms with E-state index in [1.54, 1.807) is 0 Å². The monoisotopic (exact) mass is 492 g/mol. The minimum Gasteiger partial charge on any atom is -0.398 e. The van der Waals surface area contributed by atoms with Gasteiger partial charge in [0.1, 0.15) is 6.54 Å². The summed E-state index contributed by atoms with van der Waals surface area (Å²) in [5.41, 5.74) is 18.4. The van der Waals surface area contributed by atoms with E-state index in [9.17, 15) is 0 Å². The number of rotatable bonds is 5. The molecule has 2 aromatic rings. The van der Waals surface area contributed by atoms with Crippen molar-refractivity contribution in [3.8, 4) is 0 Å². The zero-order valence-corrected chi connectivity index (χ0v) is 23.4. The first-order chi connectivity index (χ1) is 17.7. The minimum atomic E-state index is -0.0249. The summed E-state index contributed by atoms with van der Waals surface area (Å²) >= 11 is 0. The molecule has 3 nitrogen and oxygen atoms in total. The fourth-order valence-electron chi connectivity index (χ4n) is 6.61. The molecule has 2 aliphatic heterocycles. The molecule has 2 N–H and O–H groups in total. The van der Waals surface area contributed by atoms with Gasteiger partial charge in [0, 0.05) is 46.7 Å². The van der Waals surface area contributed by atoms with Crippen molar-refractivity contribution in [3.05, 3.63) is 107 Å². The van der Waals surface area contributed by atoms with Crippen LogP contribution >= 0.6 is 0 Å². The van der Waals surface area contributed by atoms with E-state index in [0.29, 0.717) is 0 Å². The highest BCUT2D eigenvalue weighted by Crippen LogP contribution is 2.47. The van der Waals surface area contributed by atoms with Gasteiger partial charge in [-0.2, -0.15) is 4.58 Å². The van der Waals surface area contributed by atoms with Crippen molar-refractivity contribution >= 4 is 17.1 Å². The number of hydrogen-bond acceptors (Lipinski definition) is 2. The summed E-state index contributed by atoms with van der Waals surface area (Å²) in [7, 11) is 0. The second-order valence-electron chi connectivity index (χ2n) is 11.5. The Morgan fingerprint density at radius 3 is 2.30 bits per heavy atom. The number of nitrogens with two attached hydrogens (primary N) is 1. The van der Waals surface area contributed by atoms with Crippen molar-refractivity contribution in [1.29, 1.82) is 0 Å². The predicted molar refractivity (Wildman–Crippen MR) is 158 cm³/mol. The Morgan fingerprint density at radius 1 is 0.865 bits per heavy atom. The molecule has 0 bridgehead atoms. The van der Waals surface area contributed by atoms with Crippen molar-refractivity contribution in [3.63, 3.8) is 0 Å². The number of para-hydroxylation sites is 2. The van der Waals surface area contributed by atoms with Crippen molar-refractivity contribution in [2.24, 2.45) is 5.73 Å². The van der Waals surface area contributed by atoms with Crippen LogP contribution in [0.1, 0.15) is 71.9 Å². The Labute approximate surface area is 223 Å². The Bertz CT molecular complexity index is 1380. The Hall–Kier alpha value is -3.33. The van der Waals surface area contributed by atoms with Crippen molar-refractivity contribution < 1.29 is 4.58 Å². The second-order valence-corrected chi connectivity index (χ2v) is 11.5. The first-order valence-corrected chi connectivity index (χ1v) is 13.9. The van der Waals surface area contributed by atoms with Gasteiger partial charge < -0.3 is 10.6 Å². The molecule has 3 aliphatic rings. The van der Waals surface area contributed by atoms with Crippen LogP contribution in [0.2, 0.25) is 0 Å². The van der Waals surface area contributed by atoms with Crippen LogP contribution in [0.5, 0.6) is 0 Å². The van der Waals surface area contributed by atoms with Gasteiger partial charge in [-0.05, 0) is 75.8 Å². The third kappa shape index (κ3) is 4.09. The molecule has 3 heteroatoms. The number of likely N-dealkylation sites (N-methyl/N-ethyl adjacent to an activating group) is 1. The number of hydrogen-bond donors (Lipinski definition) is 1. The molecule has 192 valence electrons. The molecule has 0 unspecified atom stereocenters. The third-order valence-corrected chi connectivity index (χ3v) is 8.70. The zero-order valence-electron chi connectivity index (χ0n) is 23.4. The third-order valence-electron chi connectivity index (χ3n) is 8.70. The van der Waals surface area contributed by atoms with Gasteiger partial charge >= 0.3 is 0 Å². The maximum Gasteiger partial charge on any atom is 0.209 e. The van der Waals surface area contributed by atoms with E-state index in [1.807, 2.05) is 0 Å². The lowest BCUT2D eigenvalue weighted by molar-refractivity contribution is -0.433. The van der Waals surface area contributed by atoms with Crippen LogP contribution in [0, 0.1) is 0 Å². The normalized spacial score (nSPS) is 22.5. The molecule has 0 saturated carbocycles. The lowest BCUT2D eigenvalue weighted by Gasteiger charge is -2.26. The Morgan fingerprint density at radius 2 is 1.57 bits per heavy atom. The molecule has 0 fully saturated rings. The average Bonchev–Trinajstić information content (AvgIpc) is 3.25.